The molecule has 0 unspecified atom stereocenters. The van der Waals surface area contributed by atoms with Gasteiger partial charge in [-0.1, -0.05) is 23.9 Å². The number of aromatic nitrogens is 1. The van der Waals surface area contributed by atoms with Crippen molar-refractivity contribution in [1.29, 1.82) is 0 Å². The zero-order valence-electron chi connectivity index (χ0n) is 8.34. The van der Waals surface area contributed by atoms with E-state index < -0.39 is 0 Å². The van der Waals surface area contributed by atoms with E-state index in [2.05, 4.69) is 4.98 Å². The van der Waals surface area contributed by atoms with Crippen LogP contribution in [0.5, 0.6) is 0 Å². The number of hydrogen-bond acceptors (Lipinski definition) is 4. The van der Waals surface area contributed by atoms with Gasteiger partial charge in [0.05, 0.1) is 0 Å². The summed E-state index contributed by atoms with van der Waals surface area (Å²) in [7, 11) is 0. The van der Waals surface area contributed by atoms with E-state index in [1.54, 1.807) is 12.3 Å². The normalized spacial score (nSPS) is 10.5. The van der Waals surface area contributed by atoms with Crippen molar-refractivity contribution in [3.63, 3.8) is 0 Å². The van der Waals surface area contributed by atoms with Crippen molar-refractivity contribution in [3.05, 3.63) is 35.7 Å². The van der Waals surface area contributed by atoms with E-state index in [1.807, 2.05) is 12.2 Å². The van der Waals surface area contributed by atoms with Crippen LogP contribution in [0.3, 0.4) is 0 Å². The number of hydrogen-bond donors (Lipinski definition) is 0. The van der Waals surface area contributed by atoms with Gasteiger partial charge in [0.15, 0.2) is 11.4 Å². The van der Waals surface area contributed by atoms with Crippen LogP contribution in [0.4, 0.5) is 0 Å². The van der Waals surface area contributed by atoms with Gasteiger partial charge in [0.1, 0.15) is 0 Å². The van der Waals surface area contributed by atoms with Gasteiger partial charge < -0.3 is 0 Å². The summed E-state index contributed by atoms with van der Waals surface area (Å²) in [6.45, 7) is 1.53. The fraction of sp³-hybridized carbons (Fsp3) is 0.182. The lowest BCUT2D eigenvalue weighted by molar-refractivity contribution is -0.109. The Kier molecular flexibility index (Phi) is 4.77. The second-order valence-electron chi connectivity index (χ2n) is 2.87. The Morgan fingerprint density at radius 1 is 1.47 bits per heavy atom. The summed E-state index contributed by atoms with van der Waals surface area (Å²) in [5.41, 5.74) is 1.42. The Hall–Kier alpha value is -1.42. The summed E-state index contributed by atoms with van der Waals surface area (Å²) in [5, 5.41) is 0.0967. The molecule has 0 spiro atoms. The number of aldehydes is 1. The minimum Gasteiger partial charge on any atom is -0.298 e. The average Bonchev–Trinajstić information content (AvgIpc) is 2.24. The maximum atomic E-state index is 10.6. The van der Waals surface area contributed by atoms with Gasteiger partial charge >= 0.3 is 0 Å². The van der Waals surface area contributed by atoms with Crippen LogP contribution in [0.2, 0.25) is 0 Å². The van der Waals surface area contributed by atoms with Crippen LogP contribution in [0.25, 0.3) is 6.08 Å². The molecule has 0 fully saturated rings. The van der Waals surface area contributed by atoms with Crippen molar-refractivity contribution in [1.82, 2.24) is 4.98 Å². The predicted molar refractivity (Wildman–Crippen MR) is 61.8 cm³/mol. The van der Waals surface area contributed by atoms with Crippen molar-refractivity contribution >= 4 is 29.2 Å². The smallest absolute Gasteiger partial charge is 0.186 e. The van der Waals surface area contributed by atoms with Crippen LogP contribution in [-0.4, -0.2) is 22.1 Å². The second-order valence-corrected chi connectivity index (χ2v) is 4.07. The topological polar surface area (TPSA) is 47.0 Å². The molecule has 0 N–H and O–H groups in total. The van der Waals surface area contributed by atoms with Gasteiger partial charge in [0, 0.05) is 30.6 Å². The summed E-state index contributed by atoms with van der Waals surface area (Å²) in [4.78, 5) is 25.0. The number of nitrogens with zero attached hydrogens (tertiary/aromatic N) is 1. The van der Waals surface area contributed by atoms with Crippen LogP contribution < -0.4 is 0 Å². The van der Waals surface area contributed by atoms with Crippen LogP contribution in [-0.2, 0) is 4.79 Å². The third-order valence-electron chi connectivity index (χ3n) is 1.61. The number of thioether (sulfide) groups is 1. The number of rotatable bonds is 4. The van der Waals surface area contributed by atoms with Crippen molar-refractivity contribution in [2.24, 2.45) is 0 Å². The van der Waals surface area contributed by atoms with Gasteiger partial charge in [-0.3, -0.25) is 14.6 Å². The minimum absolute atomic E-state index is 0.0967. The first-order valence-electron chi connectivity index (χ1n) is 4.42. The molecule has 4 heteroatoms. The Morgan fingerprint density at radius 3 is 2.87 bits per heavy atom. The highest BCUT2D eigenvalue weighted by molar-refractivity contribution is 8.13. The lowest BCUT2D eigenvalue weighted by Crippen LogP contribution is -1.85. The van der Waals surface area contributed by atoms with E-state index >= 15 is 0 Å². The Morgan fingerprint density at radius 2 is 2.20 bits per heavy atom. The Labute approximate surface area is 92.6 Å². The quantitative estimate of drug-likeness (QED) is 0.731. The van der Waals surface area contributed by atoms with E-state index in [0.29, 0.717) is 11.3 Å². The van der Waals surface area contributed by atoms with E-state index in [1.165, 1.54) is 24.9 Å². The molecular weight excluding hydrogens is 210 g/mol. The van der Waals surface area contributed by atoms with Gasteiger partial charge in [-0.2, -0.15) is 0 Å². The molecule has 15 heavy (non-hydrogen) atoms. The highest BCUT2D eigenvalue weighted by atomic mass is 32.2. The van der Waals surface area contributed by atoms with E-state index in [9.17, 15) is 9.59 Å². The Bertz CT molecular complexity index is 388. The molecule has 0 atom stereocenters. The first-order chi connectivity index (χ1) is 7.22. The molecule has 0 saturated heterocycles. The molecule has 0 amide bonds. The standard InChI is InChI=1S/C11H11NO2S/c1-9(14)15-4-2-3-10-5-11(8-13)7-12-6-10/h2-3,5-8H,4H2,1H3. The fourth-order valence-electron chi connectivity index (χ4n) is 0.982. The summed E-state index contributed by atoms with van der Waals surface area (Å²) in [6.07, 6.45) is 7.65. The van der Waals surface area contributed by atoms with Crippen molar-refractivity contribution in [2.45, 2.75) is 6.92 Å². The average molecular weight is 221 g/mol. The summed E-state index contributed by atoms with van der Waals surface area (Å²) < 4.78 is 0. The second kappa shape index (κ2) is 6.14. The Balaban J connectivity index is 2.56. The van der Waals surface area contributed by atoms with E-state index in [-0.39, 0.29) is 5.12 Å². The molecule has 0 saturated carbocycles. The first-order valence-corrected chi connectivity index (χ1v) is 5.41. The highest BCUT2D eigenvalue weighted by Crippen LogP contribution is 2.06. The predicted octanol–water partition coefficient (Wildman–Crippen LogP) is 2.19. The van der Waals surface area contributed by atoms with Crippen molar-refractivity contribution < 1.29 is 9.59 Å². The van der Waals surface area contributed by atoms with E-state index in [4.69, 9.17) is 0 Å². The lowest BCUT2D eigenvalue weighted by atomic mass is 10.2. The lowest BCUT2D eigenvalue weighted by Gasteiger charge is -1.93. The molecule has 0 aromatic carbocycles. The largest absolute Gasteiger partial charge is 0.298 e. The molecule has 3 nitrogen and oxygen atoms in total. The maximum absolute atomic E-state index is 10.6. The van der Waals surface area contributed by atoms with Gasteiger partial charge in [-0.25, -0.2) is 0 Å². The molecule has 1 aromatic heterocycles. The molecule has 0 radical (unpaired) electrons. The summed E-state index contributed by atoms with van der Waals surface area (Å²) >= 11 is 1.24. The monoisotopic (exact) mass is 221 g/mol. The van der Waals surface area contributed by atoms with E-state index in [0.717, 1.165) is 11.8 Å². The zero-order chi connectivity index (χ0) is 11.1. The van der Waals surface area contributed by atoms with Gasteiger partial charge in [0.25, 0.3) is 0 Å². The molecule has 1 heterocycles. The highest BCUT2D eigenvalue weighted by Gasteiger charge is 1.92. The van der Waals surface area contributed by atoms with Crippen LogP contribution >= 0.6 is 11.8 Å². The van der Waals surface area contributed by atoms with Crippen molar-refractivity contribution in [2.75, 3.05) is 5.75 Å². The molecule has 1 rings (SSSR count). The summed E-state index contributed by atoms with van der Waals surface area (Å²) in [5.74, 6) is 0.640. The maximum Gasteiger partial charge on any atom is 0.186 e. The number of carbonyl (C=O) groups is 2. The van der Waals surface area contributed by atoms with Crippen LogP contribution in [0.15, 0.2) is 24.5 Å². The molecule has 0 aliphatic heterocycles. The SMILES string of the molecule is CC(=O)SCC=Cc1cncc(C=O)c1. The third-order valence-corrected chi connectivity index (χ3v) is 2.38. The minimum atomic E-state index is 0.0967. The molecule has 1 aromatic rings. The van der Waals surface area contributed by atoms with Crippen LogP contribution in [0.1, 0.15) is 22.8 Å². The number of carbonyl (C=O) groups excluding carboxylic acids is 2. The molecule has 0 aliphatic rings. The zero-order valence-corrected chi connectivity index (χ0v) is 9.16. The first kappa shape index (κ1) is 11.7. The number of pyridine rings is 1. The fourth-order valence-corrected chi connectivity index (χ4v) is 1.41. The van der Waals surface area contributed by atoms with Crippen molar-refractivity contribution in [3.8, 4) is 0 Å². The van der Waals surface area contributed by atoms with Gasteiger partial charge in [-0.15, -0.1) is 0 Å². The molecule has 78 valence electrons. The molecular formula is C11H11NO2S. The summed E-state index contributed by atoms with van der Waals surface area (Å²) in [6, 6.07) is 1.74. The third kappa shape index (κ3) is 4.56. The van der Waals surface area contributed by atoms with Gasteiger partial charge in [-0.05, 0) is 11.6 Å². The molecule has 0 aliphatic carbocycles. The van der Waals surface area contributed by atoms with Gasteiger partial charge in [0.2, 0.25) is 0 Å². The molecule has 0 bridgehead atoms. The van der Waals surface area contributed by atoms with Crippen LogP contribution in [0, 0.1) is 0 Å².